The van der Waals surface area contributed by atoms with Gasteiger partial charge in [-0.3, -0.25) is 14.4 Å². The van der Waals surface area contributed by atoms with E-state index in [1.54, 1.807) is 24.3 Å². The van der Waals surface area contributed by atoms with E-state index < -0.39 is 6.04 Å². The number of rotatable bonds is 7. The Morgan fingerprint density at radius 1 is 1.19 bits per heavy atom. The number of carbonyl (C=O) groups excluding carboxylic acids is 3. The largest absolute Gasteiger partial charge is 0.354 e. The molecule has 0 radical (unpaired) electrons. The first-order valence-electron chi connectivity index (χ1n) is 9.03. The number of nitrogens with one attached hydrogen (secondary N) is 2. The van der Waals surface area contributed by atoms with Gasteiger partial charge in [0.2, 0.25) is 17.7 Å². The van der Waals surface area contributed by atoms with Crippen molar-refractivity contribution in [2.75, 3.05) is 19.6 Å². The normalized spacial score (nSPS) is 15.9. The molecule has 1 saturated heterocycles. The predicted octanol–water partition coefficient (Wildman–Crippen LogP) is 2.43. The Bertz CT molecular complexity index is 633. The van der Waals surface area contributed by atoms with Crippen LogP contribution >= 0.6 is 11.6 Å². The SMILES string of the molecule is CC(=O)NC(CC(=O)NCCN1CCCCCC1=O)c1ccc(Cl)cc1. The van der Waals surface area contributed by atoms with Crippen molar-refractivity contribution in [2.24, 2.45) is 0 Å². The maximum atomic E-state index is 12.3. The summed E-state index contributed by atoms with van der Waals surface area (Å²) in [6, 6.07) is 6.64. The molecular weight excluding hydrogens is 354 g/mol. The number of hydrogen-bond acceptors (Lipinski definition) is 3. The van der Waals surface area contributed by atoms with E-state index in [0.717, 1.165) is 31.4 Å². The van der Waals surface area contributed by atoms with Gasteiger partial charge in [0.25, 0.3) is 0 Å². The smallest absolute Gasteiger partial charge is 0.222 e. The maximum absolute atomic E-state index is 12.3. The highest BCUT2D eigenvalue weighted by molar-refractivity contribution is 6.30. The van der Waals surface area contributed by atoms with Crippen molar-refractivity contribution in [3.63, 3.8) is 0 Å². The first-order chi connectivity index (χ1) is 12.5. The molecule has 0 aliphatic carbocycles. The third-order valence-corrected chi connectivity index (χ3v) is 4.67. The van der Waals surface area contributed by atoms with Crippen molar-refractivity contribution < 1.29 is 14.4 Å². The highest BCUT2D eigenvalue weighted by Gasteiger charge is 2.19. The molecule has 7 heteroatoms. The second kappa shape index (κ2) is 10.2. The van der Waals surface area contributed by atoms with E-state index in [0.29, 0.717) is 24.5 Å². The van der Waals surface area contributed by atoms with Crippen LogP contribution in [0, 0.1) is 0 Å². The van der Waals surface area contributed by atoms with E-state index in [9.17, 15) is 14.4 Å². The van der Waals surface area contributed by atoms with Crippen LogP contribution in [0.5, 0.6) is 0 Å². The summed E-state index contributed by atoms with van der Waals surface area (Å²) in [5.41, 5.74) is 0.822. The summed E-state index contributed by atoms with van der Waals surface area (Å²) in [5, 5.41) is 6.24. The van der Waals surface area contributed by atoms with Crippen molar-refractivity contribution in [3.8, 4) is 0 Å². The number of benzene rings is 1. The number of likely N-dealkylation sites (tertiary alicyclic amines) is 1. The van der Waals surface area contributed by atoms with E-state index in [2.05, 4.69) is 10.6 Å². The number of halogens is 1. The second-order valence-corrected chi connectivity index (χ2v) is 6.99. The second-order valence-electron chi connectivity index (χ2n) is 6.55. The molecule has 2 N–H and O–H groups in total. The minimum absolute atomic E-state index is 0.134. The minimum atomic E-state index is -0.412. The molecule has 1 fully saturated rings. The molecule has 1 aliphatic rings. The lowest BCUT2D eigenvalue weighted by Crippen LogP contribution is -2.39. The Labute approximate surface area is 159 Å². The standard InChI is InChI=1S/C19H26ClN3O3/c1-14(24)22-17(15-6-8-16(20)9-7-15)13-18(25)21-10-12-23-11-4-2-3-5-19(23)26/h6-9,17H,2-5,10-13H2,1H3,(H,21,25)(H,22,24). The van der Waals surface area contributed by atoms with Gasteiger partial charge in [-0.25, -0.2) is 0 Å². The van der Waals surface area contributed by atoms with Crippen molar-refractivity contribution in [1.82, 2.24) is 15.5 Å². The van der Waals surface area contributed by atoms with E-state index in [1.807, 2.05) is 4.90 Å². The van der Waals surface area contributed by atoms with Crippen molar-refractivity contribution in [3.05, 3.63) is 34.9 Å². The summed E-state index contributed by atoms with van der Waals surface area (Å²) in [6.07, 6.45) is 3.76. The Morgan fingerprint density at radius 3 is 2.62 bits per heavy atom. The monoisotopic (exact) mass is 379 g/mol. The molecular formula is C19H26ClN3O3. The maximum Gasteiger partial charge on any atom is 0.222 e. The molecule has 1 atom stereocenters. The van der Waals surface area contributed by atoms with Crippen LogP contribution in [-0.4, -0.2) is 42.3 Å². The molecule has 1 aromatic rings. The summed E-state index contributed by atoms with van der Waals surface area (Å²) in [4.78, 5) is 37.5. The van der Waals surface area contributed by atoms with Gasteiger partial charge in [-0.1, -0.05) is 30.2 Å². The molecule has 26 heavy (non-hydrogen) atoms. The van der Waals surface area contributed by atoms with Gasteiger partial charge in [-0.05, 0) is 30.5 Å². The molecule has 0 bridgehead atoms. The Kier molecular flexibility index (Phi) is 7.91. The van der Waals surface area contributed by atoms with E-state index in [-0.39, 0.29) is 24.1 Å². The molecule has 2 rings (SSSR count). The summed E-state index contributed by atoms with van der Waals surface area (Å²) < 4.78 is 0. The average Bonchev–Trinajstić information content (AvgIpc) is 2.79. The van der Waals surface area contributed by atoms with Crippen molar-refractivity contribution >= 4 is 29.3 Å². The minimum Gasteiger partial charge on any atom is -0.354 e. The van der Waals surface area contributed by atoms with Crippen molar-refractivity contribution in [2.45, 2.75) is 45.1 Å². The van der Waals surface area contributed by atoms with Gasteiger partial charge in [-0.15, -0.1) is 0 Å². The first kappa shape index (κ1) is 20.2. The molecule has 1 aromatic carbocycles. The fraction of sp³-hybridized carbons (Fsp3) is 0.526. The van der Waals surface area contributed by atoms with Crippen LogP contribution in [0.15, 0.2) is 24.3 Å². The lowest BCUT2D eigenvalue weighted by atomic mass is 10.0. The van der Waals surface area contributed by atoms with Crippen LogP contribution in [-0.2, 0) is 14.4 Å². The third-order valence-electron chi connectivity index (χ3n) is 4.41. The van der Waals surface area contributed by atoms with E-state index in [1.165, 1.54) is 6.92 Å². The van der Waals surface area contributed by atoms with Crippen molar-refractivity contribution in [1.29, 1.82) is 0 Å². The van der Waals surface area contributed by atoms with Gasteiger partial charge in [0.05, 0.1) is 12.5 Å². The van der Waals surface area contributed by atoms with Crippen LogP contribution in [0.3, 0.4) is 0 Å². The fourth-order valence-electron chi connectivity index (χ4n) is 3.06. The molecule has 0 saturated carbocycles. The molecule has 0 spiro atoms. The molecule has 0 aromatic heterocycles. The number of carbonyl (C=O) groups is 3. The summed E-state index contributed by atoms with van der Waals surface area (Å²) in [6.45, 7) is 3.12. The van der Waals surface area contributed by atoms with Crippen LogP contribution in [0.25, 0.3) is 0 Å². The van der Waals surface area contributed by atoms with Gasteiger partial charge in [0.15, 0.2) is 0 Å². The van der Waals surface area contributed by atoms with Crippen LogP contribution in [0.4, 0.5) is 0 Å². The Balaban J connectivity index is 1.85. The average molecular weight is 380 g/mol. The molecule has 6 nitrogen and oxygen atoms in total. The van der Waals surface area contributed by atoms with Gasteiger partial charge in [0, 0.05) is 38.0 Å². The van der Waals surface area contributed by atoms with E-state index >= 15 is 0 Å². The van der Waals surface area contributed by atoms with Crippen LogP contribution in [0.2, 0.25) is 5.02 Å². The van der Waals surface area contributed by atoms with Gasteiger partial charge < -0.3 is 15.5 Å². The molecule has 1 unspecified atom stereocenters. The topological polar surface area (TPSA) is 78.5 Å². The number of hydrogen-bond donors (Lipinski definition) is 2. The Hall–Kier alpha value is -2.08. The van der Waals surface area contributed by atoms with E-state index in [4.69, 9.17) is 11.6 Å². The summed E-state index contributed by atoms with van der Waals surface area (Å²) in [5.74, 6) is -0.206. The zero-order chi connectivity index (χ0) is 18.9. The van der Waals surface area contributed by atoms with Crippen LogP contribution < -0.4 is 10.6 Å². The quantitative estimate of drug-likeness (QED) is 0.763. The number of amides is 3. The molecule has 3 amide bonds. The Morgan fingerprint density at radius 2 is 1.92 bits per heavy atom. The van der Waals surface area contributed by atoms with Gasteiger partial charge in [-0.2, -0.15) is 0 Å². The third kappa shape index (κ3) is 6.67. The lowest BCUT2D eigenvalue weighted by molar-refractivity contribution is -0.131. The van der Waals surface area contributed by atoms with Crippen LogP contribution in [0.1, 0.15) is 50.6 Å². The predicted molar refractivity (Wildman–Crippen MR) is 101 cm³/mol. The number of nitrogens with zero attached hydrogens (tertiary/aromatic N) is 1. The first-order valence-corrected chi connectivity index (χ1v) is 9.40. The summed E-state index contributed by atoms with van der Waals surface area (Å²) in [7, 11) is 0. The summed E-state index contributed by atoms with van der Waals surface area (Å²) >= 11 is 5.89. The highest BCUT2D eigenvalue weighted by Crippen LogP contribution is 2.19. The lowest BCUT2D eigenvalue weighted by Gasteiger charge is -2.21. The molecule has 1 aliphatic heterocycles. The zero-order valence-corrected chi connectivity index (χ0v) is 15.8. The van der Waals surface area contributed by atoms with Gasteiger partial charge >= 0.3 is 0 Å². The van der Waals surface area contributed by atoms with Gasteiger partial charge in [0.1, 0.15) is 0 Å². The highest BCUT2D eigenvalue weighted by atomic mass is 35.5. The molecule has 142 valence electrons. The fourth-order valence-corrected chi connectivity index (χ4v) is 3.18. The zero-order valence-electron chi connectivity index (χ0n) is 15.1. The molecule has 1 heterocycles.